The molecule has 0 fully saturated rings. The monoisotopic (exact) mass is 1000 g/mol. The standard InChI is InChI=1S/C67H116O5/c1-4-7-10-13-16-19-22-25-28-31-34-36-39-42-45-48-51-54-57-60-66(68)71-64-65(63-70-62-59-56-53-50-47-44-41-38-33-30-27-24-21-18-15-12-9-6-3)72-67(69)61-58-55-52-49-46-43-40-37-35-32-29-26-23-20-17-14-11-8-5-2/h7,10,16,18-19,21,25,27-28,30,34,36,42,45,51,54,65H,4-6,8-9,11-15,17,20,22-24,26,29,31-33,35,37-41,43-44,46-50,52-53,55-64H2,1-3H3/b10-7-,19-16-,21-18-,28-25-,30-27-,36-34-,45-42-,54-51-. The van der Waals surface area contributed by atoms with Crippen molar-refractivity contribution in [3.63, 3.8) is 0 Å². The van der Waals surface area contributed by atoms with E-state index in [0.29, 0.717) is 25.9 Å². The van der Waals surface area contributed by atoms with Gasteiger partial charge < -0.3 is 14.2 Å². The van der Waals surface area contributed by atoms with Gasteiger partial charge in [0.2, 0.25) is 0 Å². The summed E-state index contributed by atoms with van der Waals surface area (Å²) < 4.78 is 17.5. The van der Waals surface area contributed by atoms with Crippen LogP contribution in [0.4, 0.5) is 0 Å². The normalized spacial score (nSPS) is 12.9. The van der Waals surface area contributed by atoms with Gasteiger partial charge in [-0.15, -0.1) is 0 Å². The Morgan fingerprint density at radius 1 is 0.319 bits per heavy atom. The molecule has 1 unspecified atom stereocenters. The first kappa shape index (κ1) is 68.8. The van der Waals surface area contributed by atoms with Gasteiger partial charge in [-0.1, -0.05) is 285 Å². The maximum Gasteiger partial charge on any atom is 0.306 e. The van der Waals surface area contributed by atoms with Crippen molar-refractivity contribution in [2.24, 2.45) is 0 Å². The lowest BCUT2D eigenvalue weighted by atomic mass is 10.0. The van der Waals surface area contributed by atoms with Crippen molar-refractivity contribution in [1.29, 1.82) is 0 Å². The lowest BCUT2D eigenvalue weighted by Gasteiger charge is -2.18. The number of hydrogen-bond acceptors (Lipinski definition) is 5. The molecule has 72 heavy (non-hydrogen) atoms. The van der Waals surface area contributed by atoms with Crippen LogP contribution in [0.2, 0.25) is 0 Å². The Bertz CT molecular complexity index is 1360. The number of carbonyl (C=O) groups excluding carboxylic acids is 2. The Kier molecular flexibility index (Phi) is 59.4. The lowest BCUT2D eigenvalue weighted by Crippen LogP contribution is -2.30. The van der Waals surface area contributed by atoms with E-state index in [9.17, 15) is 9.59 Å². The summed E-state index contributed by atoms with van der Waals surface area (Å²) in [5, 5.41) is 0. The van der Waals surface area contributed by atoms with Gasteiger partial charge in [0.25, 0.3) is 0 Å². The van der Waals surface area contributed by atoms with Crippen LogP contribution >= 0.6 is 0 Å². The minimum Gasteiger partial charge on any atom is -0.462 e. The molecular weight excluding hydrogens is 885 g/mol. The zero-order chi connectivity index (χ0) is 52.0. The maximum atomic E-state index is 12.9. The Balaban J connectivity index is 4.38. The van der Waals surface area contributed by atoms with Crippen LogP contribution in [0.1, 0.15) is 290 Å². The minimum absolute atomic E-state index is 0.0412. The summed E-state index contributed by atoms with van der Waals surface area (Å²) in [4.78, 5) is 25.6. The molecule has 0 aromatic carbocycles. The highest BCUT2D eigenvalue weighted by Gasteiger charge is 2.17. The first-order chi connectivity index (χ1) is 35.6. The van der Waals surface area contributed by atoms with Gasteiger partial charge in [0, 0.05) is 19.4 Å². The van der Waals surface area contributed by atoms with Crippen molar-refractivity contribution >= 4 is 11.9 Å². The van der Waals surface area contributed by atoms with Crippen molar-refractivity contribution < 1.29 is 23.8 Å². The Morgan fingerprint density at radius 2 is 0.653 bits per heavy atom. The molecule has 0 aliphatic carbocycles. The summed E-state index contributed by atoms with van der Waals surface area (Å²) in [5.74, 6) is -0.488. The molecule has 0 radical (unpaired) electrons. The van der Waals surface area contributed by atoms with E-state index < -0.39 is 6.10 Å². The van der Waals surface area contributed by atoms with Gasteiger partial charge >= 0.3 is 11.9 Å². The average molecular weight is 1000 g/mol. The molecule has 0 N–H and O–H groups in total. The van der Waals surface area contributed by atoms with Crippen molar-refractivity contribution in [2.45, 2.75) is 297 Å². The average Bonchev–Trinajstić information content (AvgIpc) is 3.38. The van der Waals surface area contributed by atoms with Crippen LogP contribution in [0.5, 0.6) is 0 Å². The van der Waals surface area contributed by atoms with E-state index in [-0.39, 0.29) is 25.2 Å². The molecule has 0 aromatic heterocycles. The molecule has 0 bridgehead atoms. The van der Waals surface area contributed by atoms with E-state index in [2.05, 4.69) is 112 Å². The third-order valence-corrected chi connectivity index (χ3v) is 13.1. The molecule has 0 heterocycles. The molecule has 1 atom stereocenters. The number of carbonyl (C=O) groups is 2. The van der Waals surface area contributed by atoms with Gasteiger partial charge in [-0.3, -0.25) is 9.59 Å². The van der Waals surface area contributed by atoms with Crippen LogP contribution < -0.4 is 0 Å². The predicted octanol–water partition coefficient (Wildman–Crippen LogP) is 21.4. The molecule has 5 heteroatoms. The molecule has 0 aliphatic heterocycles. The molecule has 414 valence electrons. The van der Waals surface area contributed by atoms with Gasteiger partial charge in [-0.25, -0.2) is 0 Å². The number of rotatable bonds is 56. The van der Waals surface area contributed by atoms with E-state index in [1.807, 2.05) is 6.08 Å². The second-order valence-corrected chi connectivity index (χ2v) is 20.2. The fourth-order valence-corrected chi connectivity index (χ4v) is 8.57. The number of ether oxygens (including phenoxy) is 3. The first-order valence-electron chi connectivity index (χ1n) is 30.8. The highest BCUT2D eigenvalue weighted by Crippen LogP contribution is 2.16. The highest BCUT2D eigenvalue weighted by atomic mass is 16.6. The van der Waals surface area contributed by atoms with Crippen LogP contribution in [0.15, 0.2) is 97.2 Å². The van der Waals surface area contributed by atoms with Crippen LogP contribution in [0, 0.1) is 0 Å². The number of unbranched alkanes of at least 4 members (excludes halogenated alkanes) is 29. The first-order valence-corrected chi connectivity index (χ1v) is 30.8. The van der Waals surface area contributed by atoms with Crippen LogP contribution in [-0.4, -0.2) is 37.9 Å². The van der Waals surface area contributed by atoms with Gasteiger partial charge in [-0.05, 0) is 89.9 Å². The molecule has 0 aromatic rings. The second kappa shape index (κ2) is 62.1. The molecule has 0 rings (SSSR count). The molecule has 0 saturated carbocycles. The summed E-state index contributed by atoms with van der Waals surface area (Å²) >= 11 is 0. The maximum absolute atomic E-state index is 12.9. The molecule has 5 nitrogen and oxygen atoms in total. The second-order valence-electron chi connectivity index (χ2n) is 20.2. The Hall–Kier alpha value is -3.18. The van der Waals surface area contributed by atoms with E-state index in [1.54, 1.807) is 0 Å². The molecular formula is C67H116O5. The van der Waals surface area contributed by atoms with Crippen molar-refractivity contribution in [1.82, 2.24) is 0 Å². The van der Waals surface area contributed by atoms with E-state index >= 15 is 0 Å². The Labute approximate surface area is 447 Å². The summed E-state index contributed by atoms with van der Waals surface area (Å²) in [5.41, 5.74) is 0. The SMILES string of the molecule is CC/C=C\C/C=C\C/C=C\C/C=C\C/C=C\C/C=C\CCC(=O)OCC(COCCCCCCCCCC/C=C\C/C=C\CCCCC)OC(=O)CCCCCCCCCCCCCCCCCCCCC. The fourth-order valence-electron chi connectivity index (χ4n) is 8.57. The zero-order valence-electron chi connectivity index (χ0n) is 47.7. The summed E-state index contributed by atoms with van der Waals surface area (Å²) in [7, 11) is 0. The van der Waals surface area contributed by atoms with Crippen molar-refractivity contribution in [2.75, 3.05) is 19.8 Å². The minimum atomic E-state index is -0.575. The predicted molar refractivity (Wildman–Crippen MR) is 316 cm³/mol. The van der Waals surface area contributed by atoms with E-state index in [1.165, 1.54) is 180 Å². The van der Waals surface area contributed by atoms with Crippen molar-refractivity contribution in [3.05, 3.63) is 97.2 Å². The van der Waals surface area contributed by atoms with Gasteiger partial charge in [-0.2, -0.15) is 0 Å². The highest BCUT2D eigenvalue weighted by molar-refractivity contribution is 5.70. The molecule has 0 aliphatic rings. The number of allylic oxidation sites excluding steroid dienone is 16. The number of esters is 2. The van der Waals surface area contributed by atoms with E-state index in [0.717, 1.165) is 70.6 Å². The van der Waals surface area contributed by atoms with E-state index in [4.69, 9.17) is 14.2 Å². The number of hydrogen-bond donors (Lipinski definition) is 0. The van der Waals surface area contributed by atoms with Gasteiger partial charge in [0.05, 0.1) is 6.61 Å². The van der Waals surface area contributed by atoms with Gasteiger partial charge in [0.15, 0.2) is 6.10 Å². The summed E-state index contributed by atoms with van der Waals surface area (Å²) in [6.45, 7) is 7.63. The van der Waals surface area contributed by atoms with Gasteiger partial charge in [0.1, 0.15) is 6.61 Å². The lowest BCUT2D eigenvalue weighted by molar-refractivity contribution is -0.162. The fraction of sp³-hybridized carbons (Fsp3) is 0.731. The summed E-state index contributed by atoms with van der Waals surface area (Å²) in [6, 6.07) is 0. The third kappa shape index (κ3) is 59.4. The topological polar surface area (TPSA) is 61.8 Å². The zero-order valence-corrected chi connectivity index (χ0v) is 47.7. The molecule has 0 spiro atoms. The summed E-state index contributed by atoms with van der Waals surface area (Å²) in [6.07, 6.45) is 84.5. The molecule has 0 saturated heterocycles. The van der Waals surface area contributed by atoms with Crippen LogP contribution in [0.3, 0.4) is 0 Å². The molecule has 0 amide bonds. The quantitative estimate of drug-likeness (QED) is 0.0345. The largest absolute Gasteiger partial charge is 0.462 e. The van der Waals surface area contributed by atoms with Crippen molar-refractivity contribution in [3.8, 4) is 0 Å². The van der Waals surface area contributed by atoms with Crippen LogP contribution in [0.25, 0.3) is 0 Å². The van der Waals surface area contributed by atoms with Crippen LogP contribution in [-0.2, 0) is 23.8 Å². The third-order valence-electron chi connectivity index (χ3n) is 13.1. The Morgan fingerprint density at radius 3 is 1.08 bits per heavy atom. The smallest absolute Gasteiger partial charge is 0.306 e.